The first-order valence-electron chi connectivity index (χ1n) is 9.13. The van der Waals surface area contributed by atoms with Crippen LogP contribution in [0.2, 0.25) is 0 Å². The number of piperidine rings is 1. The van der Waals surface area contributed by atoms with E-state index in [1.165, 1.54) is 0 Å². The summed E-state index contributed by atoms with van der Waals surface area (Å²) in [7, 11) is 0. The summed E-state index contributed by atoms with van der Waals surface area (Å²) in [4.78, 5) is 25.8. The van der Waals surface area contributed by atoms with Gasteiger partial charge in [-0.15, -0.1) is 11.8 Å². The lowest BCUT2D eigenvalue weighted by Crippen LogP contribution is -2.54. The van der Waals surface area contributed by atoms with E-state index >= 15 is 0 Å². The average Bonchev–Trinajstić information content (AvgIpc) is 2.60. The molecule has 0 saturated carbocycles. The van der Waals surface area contributed by atoms with Crippen molar-refractivity contribution >= 4 is 23.6 Å². The van der Waals surface area contributed by atoms with Crippen LogP contribution >= 0.6 is 11.8 Å². The van der Waals surface area contributed by atoms with E-state index in [0.29, 0.717) is 5.25 Å². The number of carbonyl (C=O) groups is 2. The molecule has 0 spiro atoms. The minimum Gasteiger partial charge on any atom is -0.349 e. The molecule has 4 nitrogen and oxygen atoms in total. The van der Waals surface area contributed by atoms with E-state index < -0.39 is 30.0 Å². The zero-order valence-corrected chi connectivity index (χ0v) is 16.0. The smallest absolute Gasteiger partial charge is 0.349 e. The summed E-state index contributed by atoms with van der Waals surface area (Å²) in [6.45, 7) is 4.09. The standard InChI is InChI=1S/C19H23F3N2O2S/c1-3-11-9-14(12-5-4-10(2)8-15(12)27-11)23-17(25)13-6-7-16(19(20,21)22)24-18(13)26/h4-5,8,11,13-14,16H,3,6-7,9H2,1-2H3,(H,23,25)(H,24,26). The molecule has 1 aromatic carbocycles. The Balaban J connectivity index is 1.72. The van der Waals surface area contributed by atoms with Crippen molar-refractivity contribution in [1.82, 2.24) is 10.6 Å². The van der Waals surface area contributed by atoms with E-state index in [1.54, 1.807) is 11.8 Å². The molecule has 2 amide bonds. The summed E-state index contributed by atoms with van der Waals surface area (Å²) < 4.78 is 38.3. The van der Waals surface area contributed by atoms with Gasteiger partial charge in [0, 0.05) is 10.1 Å². The second-order valence-corrected chi connectivity index (χ2v) is 8.56. The van der Waals surface area contributed by atoms with Crippen molar-refractivity contribution in [3.05, 3.63) is 29.3 Å². The molecular weight excluding hydrogens is 377 g/mol. The largest absolute Gasteiger partial charge is 0.408 e. The van der Waals surface area contributed by atoms with Crippen LogP contribution in [0.4, 0.5) is 13.2 Å². The van der Waals surface area contributed by atoms with Gasteiger partial charge >= 0.3 is 6.18 Å². The number of rotatable bonds is 3. The highest BCUT2D eigenvalue weighted by Gasteiger charge is 2.46. The van der Waals surface area contributed by atoms with Crippen LogP contribution in [0.15, 0.2) is 23.1 Å². The van der Waals surface area contributed by atoms with Crippen molar-refractivity contribution in [1.29, 1.82) is 0 Å². The highest BCUT2D eigenvalue weighted by Crippen LogP contribution is 2.42. The highest BCUT2D eigenvalue weighted by molar-refractivity contribution is 8.00. The van der Waals surface area contributed by atoms with Gasteiger partial charge in [-0.25, -0.2) is 0 Å². The Morgan fingerprint density at radius 3 is 2.70 bits per heavy atom. The lowest BCUT2D eigenvalue weighted by Gasteiger charge is -2.34. The molecule has 1 saturated heterocycles. The van der Waals surface area contributed by atoms with Crippen LogP contribution < -0.4 is 10.6 Å². The number of halogens is 3. The number of thioether (sulfide) groups is 1. The van der Waals surface area contributed by atoms with Crippen LogP contribution in [0, 0.1) is 12.8 Å². The lowest BCUT2D eigenvalue weighted by molar-refractivity contribution is -0.171. The molecule has 27 heavy (non-hydrogen) atoms. The fraction of sp³-hybridized carbons (Fsp3) is 0.579. The zero-order valence-electron chi connectivity index (χ0n) is 15.2. The van der Waals surface area contributed by atoms with Gasteiger partial charge < -0.3 is 10.6 Å². The molecule has 2 N–H and O–H groups in total. The summed E-state index contributed by atoms with van der Waals surface area (Å²) in [6, 6.07) is 3.95. The summed E-state index contributed by atoms with van der Waals surface area (Å²) in [5.74, 6) is -2.42. The first kappa shape index (κ1) is 20.0. The van der Waals surface area contributed by atoms with Crippen LogP contribution in [0.1, 0.15) is 49.8 Å². The van der Waals surface area contributed by atoms with Gasteiger partial charge in [0.2, 0.25) is 11.8 Å². The number of nitrogens with one attached hydrogen (secondary N) is 2. The Hall–Kier alpha value is -1.70. The zero-order chi connectivity index (χ0) is 19.8. The number of carbonyl (C=O) groups excluding carboxylic acids is 2. The summed E-state index contributed by atoms with van der Waals surface area (Å²) in [5.41, 5.74) is 2.14. The van der Waals surface area contributed by atoms with Crippen molar-refractivity contribution in [3.63, 3.8) is 0 Å². The molecule has 0 bridgehead atoms. The predicted octanol–water partition coefficient (Wildman–Crippen LogP) is 3.88. The third-order valence-electron chi connectivity index (χ3n) is 5.20. The maximum Gasteiger partial charge on any atom is 0.408 e. The van der Waals surface area contributed by atoms with Gasteiger partial charge in [-0.1, -0.05) is 19.1 Å². The van der Waals surface area contributed by atoms with E-state index in [9.17, 15) is 22.8 Å². The Morgan fingerprint density at radius 2 is 2.07 bits per heavy atom. The summed E-state index contributed by atoms with van der Waals surface area (Å²) >= 11 is 1.79. The Kier molecular flexibility index (Phi) is 5.74. The van der Waals surface area contributed by atoms with E-state index in [1.807, 2.05) is 24.4 Å². The molecule has 0 aromatic heterocycles. The van der Waals surface area contributed by atoms with Gasteiger partial charge in [0.15, 0.2) is 0 Å². The fourth-order valence-electron chi connectivity index (χ4n) is 3.61. The van der Waals surface area contributed by atoms with E-state index in [2.05, 4.69) is 18.3 Å². The number of hydrogen-bond acceptors (Lipinski definition) is 3. The molecule has 1 fully saturated rings. The van der Waals surface area contributed by atoms with Crippen LogP contribution in [0.5, 0.6) is 0 Å². The molecular formula is C19H23F3N2O2S. The molecule has 4 unspecified atom stereocenters. The highest BCUT2D eigenvalue weighted by atomic mass is 32.2. The van der Waals surface area contributed by atoms with Crippen LogP contribution in [0.25, 0.3) is 0 Å². The van der Waals surface area contributed by atoms with Gasteiger partial charge in [-0.2, -0.15) is 13.2 Å². The first-order chi connectivity index (χ1) is 12.7. The van der Waals surface area contributed by atoms with Crippen LogP contribution in [-0.4, -0.2) is 29.3 Å². The van der Waals surface area contributed by atoms with Crippen LogP contribution in [-0.2, 0) is 9.59 Å². The van der Waals surface area contributed by atoms with Gasteiger partial charge in [0.1, 0.15) is 12.0 Å². The van der Waals surface area contributed by atoms with Crippen molar-refractivity contribution in [2.24, 2.45) is 5.92 Å². The normalized spacial score (nSPS) is 28.3. The number of amides is 2. The maximum atomic E-state index is 12.8. The van der Waals surface area contributed by atoms with Gasteiger partial charge in [-0.05, 0) is 49.8 Å². The second kappa shape index (κ2) is 7.73. The second-order valence-electron chi connectivity index (χ2n) is 7.22. The van der Waals surface area contributed by atoms with Crippen molar-refractivity contribution in [3.8, 4) is 0 Å². The predicted molar refractivity (Wildman–Crippen MR) is 97.3 cm³/mol. The summed E-state index contributed by atoms with van der Waals surface area (Å²) in [5, 5.41) is 5.21. The van der Waals surface area contributed by atoms with E-state index in [0.717, 1.165) is 28.9 Å². The Bertz CT molecular complexity index is 738. The maximum absolute atomic E-state index is 12.8. The number of fused-ring (bicyclic) bond motifs is 1. The van der Waals surface area contributed by atoms with Gasteiger partial charge in [0.25, 0.3) is 0 Å². The minimum atomic E-state index is -4.48. The Morgan fingerprint density at radius 1 is 1.33 bits per heavy atom. The van der Waals surface area contributed by atoms with E-state index in [-0.39, 0.29) is 18.9 Å². The number of alkyl halides is 3. The monoisotopic (exact) mass is 400 g/mol. The van der Waals surface area contributed by atoms with Gasteiger partial charge in [0.05, 0.1) is 6.04 Å². The Labute approximate surface area is 160 Å². The van der Waals surface area contributed by atoms with E-state index in [4.69, 9.17) is 0 Å². The SMILES string of the molecule is CCC1CC(NC(=O)C2CCC(C(F)(F)F)NC2=O)c2ccc(C)cc2S1. The quantitative estimate of drug-likeness (QED) is 0.757. The molecule has 0 aliphatic carbocycles. The molecule has 2 aliphatic heterocycles. The number of benzene rings is 1. The molecule has 8 heteroatoms. The molecule has 4 atom stereocenters. The topological polar surface area (TPSA) is 58.2 Å². The molecule has 2 aliphatic rings. The summed E-state index contributed by atoms with van der Waals surface area (Å²) in [6.07, 6.45) is -3.17. The first-order valence-corrected chi connectivity index (χ1v) is 10.0. The molecule has 0 radical (unpaired) electrons. The number of aryl methyl sites for hydroxylation is 1. The molecule has 3 rings (SSSR count). The van der Waals surface area contributed by atoms with Crippen molar-refractivity contribution in [2.75, 3.05) is 0 Å². The third-order valence-corrected chi connectivity index (χ3v) is 6.66. The number of hydrogen-bond donors (Lipinski definition) is 2. The van der Waals surface area contributed by atoms with Crippen molar-refractivity contribution < 1.29 is 22.8 Å². The molecule has 2 heterocycles. The third kappa shape index (κ3) is 4.42. The fourth-order valence-corrected chi connectivity index (χ4v) is 5.03. The lowest BCUT2D eigenvalue weighted by atomic mass is 9.91. The molecule has 1 aromatic rings. The average molecular weight is 400 g/mol. The minimum absolute atomic E-state index is 0.0960. The van der Waals surface area contributed by atoms with Crippen LogP contribution in [0.3, 0.4) is 0 Å². The van der Waals surface area contributed by atoms with Gasteiger partial charge in [-0.3, -0.25) is 9.59 Å². The molecule has 148 valence electrons. The van der Waals surface area contributed by atoms with Crippen molar-refractivity contribution in [2.45, 2.75) is 67.9 Å².